The second kappa shape index (κ2) is 10.5. The number of benzene rings is 2. The maximum Gasteiger partial charge on any atom is 0.268 e. The van der Waals surface area contributed by atoms with Gasteiger partial charge in [0.15, 0.2) is 5.78 Å². The van der Waals surface area contributed by atoms with Crippen LogP contribution < -0.4 is 10.3 Å². The van der Waals surface area contributed by atoms with Crippen molar-refractivity contribution in [2.75, 3.05) is 13.7 Å². The Morgan fingerprint density at radius 1 is 1.19 bits per heavy atom. The fraction of sp³-hybridized carbons (Fsp3) is 0.240. The molecule has 6 nitrogen and oxygen atoms in total. The van der Waals surface area contributed by atoms with Gasteiger partial charge in [-0.25, -0.2) is 4.39 Å². The molecule has 0 spiro atoms. The van der Waals surface area contributed by atoms with E-state index in [1.807, 2.05) is 37.3 Å². The van der Waals surface area contributed by atoms with Gasteiger partial charge >= 0.3 is 0 Å². The molecule has 0 aliphatic heterocycles. The van der Waals surface area contributed by atoms with Crippen molar-refractivity contribution < 1.29 is 18.7 Å². The van der Waals surface area contributed by atoms with E-state index in [-0.39, 0.29) is 35.6 Å². The molecule has 0 unspecified atom stereocenters. The Hall–Kier alpha value is -3.76. The molecule has 164 valence electrons. The number of hydrogen-bond acceptors (Lipinski definition) is 5. The average molecular weight is 434 g/mol. The molecule has 1 aromatic heterocycles. The van der Waals surface area contributed by atoms with Gasteiger partial charge in [0.2, 0.25) is 0 Å². The van der Waals surface area contributed by atoms with E-state index >= 15 is 0 Å². The number of pyridine rings is 1. The van der Waals surface area contributed by atoms with Crippen LogP contribution in [0.1, 0.15) is 39.0 Å². The van der Waals surface area contributed by atoms with Crippen LogP contribution in [0.15, 0.2) is 59.5 Å². The number of aryl methyl sites for hydroxylation is 2. The fourth-order valence-corrected chi connectivity index (χ4v) is 3.27. The predicted molar refractivity (Wildman–Crippen MR) is 117 cm³/mol. The molecule has 0 aliphatic carbocycles. The van der Waals surface area contributed by atoms with Crippen LogP contribution in [0.2, 0.25) is 0 Å². The first-order chi connectivity index (χ1) is 15.4. The number of rotatable bonds is 9. The Morgan fingerprint density at radius 2 is 1.97 bits per heavy atom. The number of carbonyl (C=O) groups excluding carboxylic acids is 1. The van der Waals surface area contributed by atoms with Crippen LogP contribution in [-0.2, 0) is 17.9 Å². The third-order valence-corrected chi connectivity index (χ3v) is 5.05. The lowest BCUT2D eigenvalue weighted by molar-refractivity contribution is 0.103. The standard InChI is InChI=1S/C25H23FN2O4/c1-17-6-3-4-7-18(17)16-32-23-9-8-21(26)13-22(23)24(29)20-12-19(14-27)25(30)28(15-20)10-5-11-31-2/h3-4,6-9,12-13,15H,5,10-11,16H2,1-2H3. The second-order valence-corrected chi connectivity index (χ2v) is 7.28. The number of ether oxygens (including phenoxy) is 2. The molecule has 0 fully saturated rings. The van der Waals surface area contributed by atoms with Crippen molar-refractivity contribution in [2.24, 2.45) is 0 Å². The highest BCUT2D eigenvalue weighted by atomic mass is 19.1. The Balaban J connectivity index is 1.95. The van der Waals surface area contributed by atoms with Crippen LogP contribution in [0.25, 0.3) is 0 Å². The first-order valence-electron chi connectivity index (χ1n) is 10.1. The summed E-state index contributed by atoms with van der Waals surface area (Å²) in [7, 11) is 1.55. The summed E-state index contributed by atoms with van der Waals surface area (Å²) in [6, 6.07) is 14.4. The minimum absolute atomic E-state index is 0.0181. The number of nitrogens with zero attached hydrogens (tertiary/aromatic N) is 2. The van der Waals surface area contributed by atoms with Crippen molar-refractivity contribution in [3.8, 4) is 11.8 Å². The average Bonchev–Trinajstić information content (AvgIpc) is 2.80. The zero-order valence-electron chi connectivity index (χ0n) is 17.9. The zero-order chi connectivity index (χ0) is 23.1. The molecule has 0 bridgehead atoms. The molecular weight excluding hydrogens is 411 g/mol. The van der Waals surface area contributed by atoms with Gasteiger partial charge in [-0.3, -0.25) is 9.59 Å². The summed E-state index contributed by atoms with van der Waals surface area (Å²) in [6.45, 7) is 2.86. The summed E-state index contributed by atoms with van der Waals surface area (Å²) in [6.07, 6.45) is 1.92. The first-order valence-corrected chi connectivity index (χ1v) is 10.1. The Labute approximate surface area is 185 Å². The van der Waals surface area contributed by atoms with Crippen molar-refractivity contribution >= 4 is 5.78 Å². The maximum atomic E-state index is 14.0. The molecule has 3 rings (SSSR count). The third kappa shape index (κ3) is 5.29. The lowest BCUT2D eigenvalue weighted by atomic mass is 10.0. The number of methoxy groups -OCH3 is 1. The van der Waals surface area contributed by atoms with E-state index in [0.29, 0.717) is 13.0 Å². The molecule has 0 saturated carbocycles. The molecule has 0 N–H and O–H groups in total. The number of halogens is 1. The van der Waals surface area contributed by atoms with Crippen LogP contribution >= 0.6 is 0 Å². The molecule has 0 atom stereocenters. The van der Waals surface area contributed by atoms with Gasteiger partial charge in [0.25, 0.3) is 5.56 Å². The Kier molecular flexibility index (Phi) is 7.53. The van der Waals surface area contributed by atoms with E-state index in [9.17, 15) is 19.2 Å². The predicted octanol–water partition coefficient (Wildman–Crippen LogP) is 4.01. The Morgan fingerprint density at radius 3 is 2.69 bits per heavy atom. The monoisotopic (exact) mass is 434 g/mol. The lowest BCUT2D eigenvalue weighted by Gasteiger charge is -2.14. The van der Waals surface area contributed by atoms with E-state index in [2.05, 4.69) is 0 Å². The minimum atomic E-state index is -0.592. The molecule has 0 saturated heterocycles. The fourth-order valence-electron chi connectivity index (χ4n) is 3.27. The van der Waals surface area contributed by atoms with Gasteiger partial charge in [-0.2, -0.15) is 5.26 Å². The van der Waals surface area contributed by atoms with Crippen LogP contribution in [0, 0.1) is 24.1 Å². The van der Waals surface area contributed by atoms with Crippen LogP contribution in [0.3, 0.4) is 0 Å². The van der Waals surface area contributed by atoms with E-state index in [1.54, 1.807) is 7.11 Å². The highest BCUT2D eigenvalue weighted by Crippen LogP contribution is 2.25. The topological polar surface area (TPSA) is 81.3 Å². The Bertz CT molecular complexity index is 1230. The number of ketones is 1. The van der Waals surface area contributed by atoms with Crippen LogP contribution in [0.4, 0.5) is 4.39 Å². The highest BCUT2D eigenvalue weighted by Gasteiger charge is 2.19. The van der Waals surface area contributed by atoms with Gasteiger partial charge in [0.1, 0.15) is 29.8 Å². The molecular formula is C25H23FN2O4. The molecule has 3 aromatic rings. The second-order valence-electron chi connectivity index (χ2n) is 7.28. The third-order valence-electron chi connectivity index (χ3n) is 5.05. The van der Waals surface area contributed by atoms with Gasteiger partial charge in [-0.15, -0.1) is 0 Å². The lowest BCUT2D eigenvalue weighted by Crippen LogP contribution is -2.24. The van der Waals surface area contributed by atoms with Gasteiger partial charge in [0, 0.05) is 32.0 Å². The molecule has 32 heavy (non-hydrogen) atoms. The molecule has 2 aromatic carbocycles. The normalized spacial score (nSPS) is 10.6. The van der Waals surface area contributed by atoms with Gasteiger partial charge in [-0.05, 0) is 48.7 Å². The van der Waals surface area contributed by atoms with E-state index < -0.39 is 17.2 Å². The van der Waals surface area contributed by atoms with Gasteiger partial charge in [0.05, 0.1) is 5.56 Å². The van der Waals surface area contributed by atoms with Gasteiger partial charge < -0.3 is 14.0 Å². The number of carbonyl (C=O) groups is 1. The smallest absolute Gasteiger partial charge is 0.268 e. The van der Waals surface area contributed by atoms with E-state index in [1.165, 1.54) is 29.0 Å². The number of hydrogen-bond donors (Lipinski definition) is 0. The summed E-state index contributed by atoms with van der Waals surface area (Å²) in [5, 5.41) is 9.34. The number of aromatic nitrogens is 1. The molecule has 0 amide bonds. The summed E-state index contributed by atoms with van der Waals surface area (Å²) < 4.78 is 26.2. The zero-order valence-corrected chi connectivity index (χ0v) is 17.9. The molecule has 0 radical (unpaired) electrons. The van der Waals surface area contributed by atoms with Crippen LogP contribution in [-0.4, -0.2) is 24.1 Å². The first kappa shape index (κ1) is 22.9. The maximum absolute atomic E-state index is 14.0. The largest absolute Gasteiger partial charge is 0.488 e. The van der Waals surface area contributed by atoms with Crippen LogP contribution in [0.5, 0.6) is 5.75 Å². The van der Waals surface area contributed by atoms with Crippen molar-refractivity contribution in [1.29, 1.82) is 5.26 Å². The number of nitriles is 1. The quantitative estimate of drug-likeness (QED) is 0.375. The molecule has 0 aliphatic rings. The van der Waals surface area contributed by atoms with E-state index in [0.717, 1.165) is 17.2 Å². The molecule has 1 heterocycles. The summed E-state index contributed by atoms with van der Waals surface area (Å²) >= 11 is 0. The summed E-state index contributed by atoms with van der Waals surface area (Å²) in [5.74, 6) is -0.915. The summed E-state index contributed by atoms with van der Waals surface area (Å²) in [5.41, 5.74) is 1.44. The summed E-state index contributed by atoms with van der Waals surface area (Å²) in [4.78, 5) is 25.7. The van der Waals surface area contributed by atoms with Crippen molar-refractivity contribution in [1.82, 2.24) is 4.57 Å². The minimum Gasteiger partial charge on any atom is -0.488 e. The van der Waals surface area contributed by atoms with Gasteiger partial charge in [-0.1, -0.05) is 24.3 Å². The van der Waals surface area contributed by atoms with E-state index in [4.69, 9.17) is 9.47 Å². The van der Waals surface area contributed by atoms with Crippen molar-refractivity contribution in [3.05, 3.63) is 98.7 Å². The SMILES string of the molecule is COCCCn1cc(C(=O)c2cc(F)ccc2OCc2ccccc2C)cc(C#N)c1=O. The van der Waals surface area contributed by atoms with Crippen molar-refractivity contribution in [2.45, 2.75) is 26.5 Å². The molecule has 7 heteroatoms. The van der Waals surface area contributed by atoms with Crippen molar-refractivity contribution in [3.63, 3.8) is 0 Å². The highest BCUT2D eigenvalue weighted by molar-refractivity contribution is 6.10.